The molecule has 3 rings (SSSR count). The van der Waals surface area contributed by atoms with E-state index in [-0.39, 0.29) is 5.91 Å². The molecule has 0 fully saturated rings. The van der Waals surface area contributed by atoms with Crippen LogP contribution in [0.25, 0.3) is 17.2 Å². The zero-order valence-electron chi connectivity index (χ0n) is 12.9. The Kier molecular flexibility index (Phi) is 4.10. The Morgan fingerprint density at radius 1 is 1.26 bits per heavy atom. The minimum absolute atomic E-state index is 0.219. The number of nitrogens with zero attached hydrogens (tertiary/aromatic N) is 1. The standard InChI is InChI=1S/C18H16N2O3/c1-12-19-16-8-7-14(11-17(16)23-12)20-18(21)9-6-13-4-3-5-15(10-13)22-2/h3-11H,1-2H3,(H,20,21). The number of amides is 1. The third kappa shape index (κ3) is 3.58. The maximum Gasteiger partial charge on any atom is 0.248 e. The van der Waals surface area contributed by atoms with E-state index in [1.54, 1.807) is 32.2 Å². The van der Waals surface area contributed by atoms with Gasteiger partial charge in [-0.1, -0.05) is 12.1 Å². The number of ether oxygens (including phenoxy) is 1. The normalized spacial score (nSPS) is 11.0. The molecule has 116 valence electrons. The van der Waals surface area contributed by atoms with Crippen LogP contribution < -0.4 is 10.1 Å². The Balaban J connectivity index is 1.71. The molecule has 5 nitrogen and oxygen atoms in total. The molecule has 0 saturated carbocycles. The van der Waals surface area contributed by atoms with E-state index in [9.17, 15) is 4.79 Å². The lowest BCUT2D eigenvalue weighted by Crippen LogP contribution is -2.07. The van der Waals surface area contributed by atoms with E-state index >= 15 is 0 Å². The van der Waals surface area contributed by atoms with Crippen molar-refractivity contribution in [2.45, 2.75) is 6.92 Å². The summed E-state index contributed by atoms with van der Waals surface area (Å²) in [5.41, 5.74) is 2.97. The summed E-state index contributed by atoms with van der Waals surface area (Å²) in [6.07, 6.45) is 3.21. The fourth-order valence-electron chi connectivity index (χ4n) is 2.22. The molecule has 0 saturated heterocycles. The molecular formula is C18H16N2O3. The van der Waals surface area contributed by atoms with Crippen LogP contribution in [0.2, 0.25) is 0 Å². The lowest BCUT2D eigenvalue weighted by molar-refractivity contribution is -0.111. The van der Waals surface area contributed by atoms with Gasteiger partial charge >= 0.3 is 0 Å². The van der Waals surface area contributed by atoms with Crippen molar-refractivity contribution in [3.63, 3.8) is 0 Å². The Morgan fingerprint density at radius 2 is 2.13 bits per heavy atom. The third-order valence-electron chi connectivity index (χ3n) is 3.28. The number of nitrogens with one attached hydrogen (secondary N) is 1. The van der Waals surface area contributed by atoms with Crippen LogP contribution in [-0.4, -0.2) is 18.0 Å². The van der Waals surface area contributed by atoms with Crippen LogP contribution in [0, 0.1) is 6.92 Å². The van der Waals surface area contributed by atoms with Gasteiger partial charge in [0, 0.05) is 24.8 Å². The van der Waals surface area contributed by atoms with E-state index < -0.39 is 0 Å². The van der Waals surface area contributed by atoms with Gasteiger partial charge in [0.05, 0.1) is 7.11 Å². The molecule has 1 amide bonds. The van der Waals surface area contributed by atoms with Gasteiger partial charge in [-0.2, -0.15) is 0 Å². The number of carbonyl (C=O) groups is 1. The van der Waals surface area contributed by atoms with Crippen molar-refractivity contribution in [2.24, 2.45) is 0 Å². The highest BCUT2D eigenvalue weighted by molar-refractivity contribution is 6.02. The molecule has 1 N–H and O–H groups in total. The summed E-state index contributed by atoms with van der Waals surface area (Å²) in [7, 11) is 1.61. The quantitative estimate of drug-likeness (QED) is 0.745. The van der Waals surface area contributed by atoms with E-state index in [1.165, 1.54) is 6.08 Å². The lowest BCUT2D eigenvalue weighted by Gasteiger charge is -2.02. The number of anilines is 1. The third-order valence-corrected chi connectivity index (χ3v) is 3.28. The van der Waals surface area contributed by atoms with Crippen LogP contribution in [0.5, 0.6) is 5.75 Å². The first-order valence-electron chi connectivity index (χ1n) is 7.14. The van der Waals surface area contributed by atoms with Gasteiger partial charge in [-0.05, 0) is 35.9 Å². The molecule has 1 heterocycles. The smallest absolute Gasteiger partial charge is 0.248 e. The number of fused-ring (bicyclic) bond motifs is 1. The first-order chi connectivity index (χ1) is 11.1. The highest BCUT2D eigenvalue weighted by Gasteiger charge is 2.04. The summed E-state index contributed by atoms with van der Waals surface area (Å²) in [4.78, 5) is 16.2. The molecular weight excluding hydrogens is 292 g/mol. The highest BCUT2D eigenvalue weighted by atomic mass is 16.5. The molecule has 0 unspecified atom stereocenters. The van der Waals surface area contributed by atoms with Gasteiger partial charge in [0.25, 0.3) is 0 Å². The maximum atomic E-state index is 12.0. The van der Waals surface area contributed by atoms with E-state index in [4.69, 9.17) is 9.15 Å². The van der Waals surface area contributed by atoms with Gasteiger partial charge in [0.1, 0.15) is 11.3 Å². The van der Waals surface area contributed by atoms with Crippen molar-refractivity contribution >= 4 is 28.8 Å². The molecule has 0 spiro atoms. The SMILES string of the molecule is COc1cccc(C=CC(=O)Nc2ccc3nc(C)oc3c2)c1. The second kappa shape index (κ2) is 6.36. The molecule has 0 aliphatic heterocycles. The van der Waals surface area contributed by atoms with Crippen LogP contribution in [0.1, 0.15) is 11.5 Å². The number of aromatic nitrogens is 1. The number of benzene rings is 2. The minimum atomic E-state index is -0.219. The largest absolute Gasteiger partial charge is 0.497 e. The topological polar surface area (TPSA) is 64.4 Å². The zero-order chi connectivity index (χ0) is 16.2. The second-order valence-corrected chi connectivity index (χ2v) is 5.01. The van der Waals surface area contributed by atoms with Crippen LogP contribution in [0.4, 0.5) is 5.69 Å². The Labute approximate surface area is 133 Å². The highest BCUT2D eigenvalue weighted by Crippen LogP contribution is 2.20. The van der Waals surface area contributed by atoms with Gasteiger partial charge in [-0.3, -0.25) is 4.79 Å². The number of aryl methyl sites for hydroxylation is 1. The predicted octanol–water partition coefficient (Wildman–Crippen LogP) is 3.80. The van der Waals surface area contributed by atoms with Gasteiger partial charge in [-0.15, -0.1) is 0 Å². The van der Waals surface area contributed by atoms with Gasteiger partial charge in [-0.25, -0.2) is 4.98 Å². The van der Waals surface area contributed by atoms with E-state index in [0.29, 0.717) is 17.2 Å². The number of methoxy groups -OCH3 is 1. The van der Waals surface area contributed by atoms with Crippen molar-refractivity contribution in [1.29, 1.82) is 0 Å². The lowest BCUT2D eigenvalue weighted by atomic mass is 10.2. The number of rotatable bonds is 4. The average molecular weight is 308 g/mol. The summed E-state index contributed by atoms with van der Waals surface area (Å²) in [6, 6.07) is 12.8. The first-order valence-corrected chi connectivity index (χ1v) is 7.14. The Hall–Kier alpha value is -3.08. The van der Waals surface area contributed by atoms with Gasteiger partial charge in [0.2, 0.25) is 5.91 Å². The van der Waals surface area contributed by atoms with Crippen LogP contribution in [0.15, 0.2) is 53.0 Å². The fourth-order valence-corrected chi connectivity index (χ4v) is 2.22. The van der Waals surface area contributed by atoms with E-state index in [1.807, 2.05) is 30.3 Å². The molecule has 0 radical (unpaired) electrons. The zero-order valence-corrected chi connectivity index (χ0v) is 12.9. The monoisotopic (exact) mass is 308 g/mol. The molecule has 2 aromatic carbocycles. The van der Waals surface area contributed by atoms with E-state index in [2.05, 4.69) is 10.3 Å². The van der Waals surface area contributed by atoms with Crippen molar-refractivity contribution in [1.82, 2.24) is 4.98 Å². The predicted molar refractivity (Wildman–Crippen MR) is 89.4 cm³/mol. The molecule has 3 aromatic rings. The molecule has 0 bridgehead atoms. The first kappa shape index (κ1) is 14.8. The number of hydrogen-bond donors (Lipinski definition) is 1. The fraction of sp³-hybridized carbons (Fsp3) is 0.111. The van der Waals surface area contributed by atoms with Gasteiger partial charge in [0.15, 0.2) is 11.5 Å². The summed E-state index contributed by atoms with van der Waals surface area (Å²) in [6.45, 7) is 1.79. The second-order valence-electron chi connectivity index (χ2n) is 5.01. The molecule has 0 aliphatic rings. The molecule has 23 heavy (non-hydrogen) atoms. The van der Waals surface area contributed by atoms with Gasteiger partial charge < -0.3 is 14.5 Å². The summed E-state index contributed by atoms with van der Waals surface area (Å²) in [5.74, 6) is 1.13. The van der Waals surface area contributed by atoms with E-state index in [0.717, 1.165) is 16.8 Å². The molecule has 1 aromatic heterocycles. The Morgan fingerprint density at radius 3 is 2.96 bits per heavy atom. The van der Waals surface area contributed by atoms with Crippen molar-refractivity contribution in [3.05, 3.63) is 60.0 Å². The average Bonchev–Trinajstić information content (AvgIpc) is 2.92. The maximum absolute atomic E-state index is 12.0. The molecule has 0 atom stereocenters. The summed E-state index contributed by atoms with van der Waals surface area (Å²) in [5, 5.41) is 2.80. The summed E-state index contributed by atoms with van der Waals surface area (Å²) < 4.78 is 10.6. The van der Waals surface area contributed by atoms with Crippen LogP contribution in [0.3, 0.4) is 0 Å². The molecule has 5 heteroatoms. The van der Waals surface area contributed by atoms with Crippen molar-refractivity contribution in [2.75, 3.05) is 12.4 Å². The number of oxazole rings is 1. The number of hydrogen-bond acceptors (Lipinski definition) is 4. The van der Waals surface area contributed by atoms with Crippen molar-refractivity contribution in [3.8, 4) is 5.75 Å². The Bertz CT molecular complexity index is 881. The summed E-state index contributed by atoms with van der Waals surface area (Å²) >= 11 is 0. The van der Waals surface area contributed by atoms with Crippen LogP contribution >= 0.6 is 0 Å². The number of carbonyl (C=O) groups excluding carboxylic acids is 1. The molecule has 0 aliphatic carbocycles. The van der Waals surface area contributed by atoms with Crippen LogP contribution in [-0.2, 0) is 4.79 Å². The minimum Gasteiger partial charge on any atom is -0.497 e. The van der Waals surface area contributed by atoms with Crippen molar-refractivity contribution < 1.29 is 13.9 Å².